The largest absolute Gasteiger partial charge is 0.0616 e. The van der Waals surface area contributed by atoms with Crippen LogP contribution in [0.2, 0.25) is 0 Å². The first-order chi connectivity index (χ1) is 16.8. The fourth-order valence-electron chi connectivity index (χ4n) is 9.63. The van der Waals surface area contributed by atoms with Crippen molar-refractivity contribution in [2.75, 3.05) is 0 Å². The minimum atomic E-state index is 0.186. The van der Waals surface area contributed by atoms with Crippen LogP contribution in [0.1, 0.15) is 43.2 Å². The number of hydrogen-bond acceptors (Lipinski definition) is 0. The molecule has 0 unspecified atom stereocenters. The SMILES string of the molecule is c1ccc2c3c(ccc2c1)C1(c2c-3c3ccccc3c3ccccc23)C2CC3CC(C2)CC1C3. The molecule has 10 rings (SSSR count). The molecule has 0 heteroatoms. The molecular weight excluding hydrogens is 408 g/mol. The molecule has 0 aromatic heterocycles. The van der Waals surface area contributed by atoms with E-state index < -0.39 is 0 Å². The third-order valence-corrected chi connectivity index (χ3v) is 10.4. The summed E-state index contributed by atoms with van der Waals surface area (Å²) in [5.41, 5.74) is 6.67. The molecule has 0 radical (unpaired) electrons. The summed E-state index contributed by atoms with van der Waals surface area (Å²) < 4.78 is 0. The first-order valence-corrected chi connectivity index (χ1v) is 13.3. The lowest BCUT2D eigenvalue weighted by Gasteiger charge is -2.61. The molecule has 5 aromatic rings. The Morgan fingerprint density at radius 3 is 1.74 bits per heavy atom. The molecule has 0 atom stereocenters. The topological polar surface area (TPSA) is 0 Å². The van der Waals surface area contributed by atoms with Crippen LogP contribution in [0, 0.1) is 23.7 Å². The van der Waals surface area contributed by atoms with Gasteiger partial charge in [0.2, 0.25) is 0 Å². The summed E-state index contributed by atoms with van der Waals surface area (Å²) in [4.78, 5) is 0. The van der Waals surface area contributed by atoms with Gasteiger partial charge in [-0.2, -0.15) is 0 Å². The molecule has 4 fully saturated rings. The van der Waals surface area contributed by atoms with E-state index in [1.165, 1.54) is 64.4 Å². The molecule has 1 spiro atoms. The highest BCUT2D eigenvalue weighted by atomic mass is 14.6. The normalized spacial score (nSPS) is 30.5. The molecule has 0 saturated heterocycles. The van der Waals surface area contributed by atoms with Crippen molar-refractivity contribution < 1.29 is 0 Å². The Morgan fingerprint density at radius 2 is 1.03 bits per heavy atom. The van der Waals surface area contributed by atoms with Crippen LogP contribution < -0.4 is 0 Å². The van der Waals surface area contributed by atoms with Crippen molar-refractivity contribution in [3.8, 4) is 11.1 Å². The number of fused-ring (bicyclic) bond motifs is 10. The fourth-order valence-corrected chi connectivity index (χ4v) is 9.63. The molecule has 5 aromatic carbocycles. The van der Waals surface area contributed by atoms with Crippen molar-refractivity contribution >= 4 is 32.3 Å². The van der Waals surface area contributed by atoms with Crippen molar-refractivity contribution in [3.05, 3.63) is 96.1 Å². The minimum Gasteiger partial charge on any atom is -0.0616 e. The second-order valence-electron chi connectivity index (χ2n) is 11.7. The van der Waals surface area contributed by atoms with E-state index in [-0.39, 0.29) is 5.41 Å². The molecule has 4 bridgehead atoms. The van der Waals surface area contributed by atoms with Gasteiger partial charge in [0.05, 0.1) is 0 Å². The van der Waals surface area contributed by atoms with Crippen molar-refractivity contribution in [3.63, 3.8) is 0 Å². The summed E-state index contributed by atoms with van der Waals surface area (Å²) in [6.45, 7) is 0. The second-order valence-corrected chi connectivity index (χ2v) is 11.7. The second kappa shape index (κ2) is 6.11. The molecule has 0 heterocycles. The van der Waals surface area contributed by atoms with Gasteiger partial charge in [-0.15, -0.1) is 0 Å². The molecule has 0 amide bonds. The van der Waals surface area contributed by atoms with E-state index in [9.17, 15) is 0 Å². The van der Waals surface area contributed by atoms with Gasteiger partial charge in [0.15, 0.2) is 0 Å². The number of benzene rings is 5. The average molecular weight is 437 g/mol. The van der Waals surface area contributed by atoms with Crippen LogP contribution in [0.3, 0.4) is 0 Å². The summed E-state index contributed by atoms with van der Waals surface area (Å²) in [7, 11) is 0. The van der Waals surface area contributed by atoms with E-state index in [1.807, 2.05) is 0 Å². The highest BCUT2D eigenvalue weighted by molar-refractivity contribution is 6.21. The van der Waals surface area contributed by atoms with E-state index in [4.69, 9.17) is 0 Å². The molecule has 0 N–H and O–H groups in total. The Balaban J connectivity index is 1.55. The van der Waals surface area contributed by atoms with E-state index in [2.05, 4.69) is 84.9 Å². The third-order valence-electron chi connectivity index (χ3n) is 10.4. The lowest BCUT2D eigenvalue weighted by atomic mass is 9.43. The van der Waals surface area contributed by atoms with Crippen LogP contribution in [0.5, 0.6) is 0 Å². The predicted octanol–water partition coefficient (Wildman–Crippen LogP) is 8.87. The predicted molar refractivity (Wildman–Crippen MR) is 142 cm³/mol. The van der Waals surface area contributed by atoms with Crippen LogP contribution in [0.15, 0.2) is 84.9 Å². The minimum absolute atomic E-state index is 0.186. The molecule has 34 heavy (non-hydrogen) atoms. The van der Waals surface area contributed by atoms with Gasteiger partial charge in [-0.3, -0.25) is 0 Å². The van der Waals surface area contributed by atoms with E-state index in [0.717, 1.165) is 23.7 Å². The van der Waals surface area contributed by atoms with Crippen LogP contribution >= 0.6 is 0 Å². The van der Waals surface area contributed by atoms with Gasteiger partial charge in [0.25, 0.3) is 0 Å². The van der Waals surface area contributed by atoms with Crippen LogP contribution in [-0.2, 0) is 5.41 Å². The van der Waals surface area contributed by atoms with Crippen molar-refractivity contribution in [2.24, 2.45) is 23.7 Å². The third kappa shape index (κ3) is 1.97. The Kier molecular flexibility index (Phi) is 3.28. The van der Waals surface area contributed by atoms with Crippen LogP contribution in [0.4, 0.5) is 0 Å². The maximum absolute atomic E-state index is 2.56. The average Bonchev–Trinajstić information content (AvgIpc) is 3.20. The van der Waals surface area contributed by atoms with Crippen LogP contribution in [-0.4, -0.2) is 0 Å². The standard InChI is InChI=1S/C34H28/c1-2-8-25-22(7-1)13-14-30-31(25)32-28-11-5-3-9-26(28)27-10-4-6-12-29(27)33(32)34(30)23-16-20-15-21(18-23)19-24(34)17-20/h1-14,20-21,23-24H,15-19H2. The first kappa shape index (κ1) is 18.2. The van der Waals surface area contributed by atoms with Gasteiger partial charge in [0.1, 0.15) is 0 Å². The van der Waals surface area contributed by atoms with Gasteiger partial charge >= 0.3 is 0 Å². The molecule has 5 aliphatic rings. The van der Waals surface area contributed by atoms with Crippen molar-refractivity contribution in [2.45, 2.75) is 37.5 Å². The summed E-state index contributed by atoms with van der Waals surface area (Å²) in [5.74, 6) is 3.50. The Hall–Kier alpha value is -3.12. The Bertz CT molecular complexity index is 1640. The molecule has 0 nitrogen and oxygen atoms in total. The van der Waals surface area contributed by atoms with Crippen molar-refractivity contribution in [1.82, 2.24) is 0 Å². The zero-order chi connectivity index (χ0) is 22.0. The highest BCUT2D eigenvalue weighted by Gasteiger charge is 2.62. The van der Waals surface area contributed by atoms with Gasteiger partial charge < -0.3 is 0 Å². The summed E-state index contributed by atoms with van der Waals surface area (Å²) in [6.07, 6.45) is 7.22. The van der Waals surface area contributed by atoms with E-state index in [0.29, 0.717) is 0 Å². The van der Waals surface area contributed by atoms with Gasteiger partial charge in [-0.25, -0.2) is 0 Å². The maximum Gasteiger partial charge on any atom is 0.0278 e. The molecule has 5 aliphatic carbocycles. The Morgan fingerprint density at radius 1 is 0.471 bits per heavy atom. The number of hydrogen-bond donors (Lipinski definition) is 0. The number of rotatable bonds is 0. The molecule has 164 valence electrons. The molecular formula is C34H28. The summed E-state index contributed by atoms with van der Waals surface area (Å²) in [6, 6.07) is 32.7. The van der Waals surface area contributed by atoms with Gasteiger partial charge in [-0.05, 0) is 110 Å². The molecule has 0 aliphatic heterocycles. The van der Waals surface area contributed by atoms with Gasteiger partial charge in [-0.1, -0.05) is 84.9 Å². The summed E-state index contributed by atoms with van der Waals surface area (Å²) >= 11 is 0. The van der Waals surface area contributed by atoms with Crippen molar-refractivity contribution in [1.29, 1.82) is 0 Å². The highest BCUT2D eigenvalue weighted by Crippen LogP contribution is 2.71. The lowest BCUT2D eigenvalue weighted by molar-refractivity contribution is -0.0393. The lowest BCUT2D eigenvalue weighted by Crippen LogP contribution is -2.55. The fraction of sp³-hybridized carbons (Fsp3) is 0.294. The van der Waals surface area contributed by atoms with Crippen LogP contribution in [0.25, 0.3) is 43.4 Å². The zero-order valence-electron chi connectivity index (χ0n) is 19.4. The van der Waals surface area contributed by atoms with E-state index >= 15 is 0 Å². The quantitative estimate of drug-likeness (QED) is 0.213. The summed E-state index contributed by atoms with van der Waals surface area (Å²) in [5, 5.41) is 8.67. The maximum atomic E-state index is 2.56. The van der Waals surface area contributed by atoms with E-state index in [1.54, 1.807) is 22.3 Å². The first-order valence-electron chi connectivity index (χ1n) is 13.3. The molecule has 4 saturated carbocycles. The smallest absolute Gasteiger partial charge is 0.0278 e. The monoisotopic (exact) mass is 436 g/mol. The zero-order valence-corrected chi connectivity index (χ0v) is 19.4. The van der Waals surface area contributed by atoms with Gasteiger partial charge in [0, 0.05) is 5.41 Å². The Labute approximate surface area is 200 Å².